The molecule has 0 saturated carbocycles. The highest BCUT2D eigenvalue weighted by atomic mass is 32.2. The molecule has 7 nitrogen and oxygen atoms in total. The predicted molar refractivity (Wildman–Crippen MR) is 53.8 cm³/mol. The summed E-state index contributed by atoms with van der Waals surface area (Å²) in [5.41, 5.74) is 2.20. The quantitative estimate of drug-likeness (QED) is 0.666. The van der Waals surface area contributed by atoms with Crippen LogP contribution in [-0.4, -0.2) is 60.9 Å². The summed E-state index contributed by atoms with van der Waals surface area (Å²) < 4.78 is 24.3. The molecule has 0 unspecified atom stereocenters. The summed E-state index contributed by atoms with van der Waals surface area (Å²) in [5.74, 6) is 0.0827. The van der Waals surface area contributed by atoms with Gasteiger partial charge in [-0.1, -0.05) is 0 Å². The van der Waals surface area contributed by atoms with Crippen molar-refractivity contribution in [3.05, 3.63) is 0 Å². The molecule has 1 rings (SSSR count). The Kier molecular flexibility index (Phi) is 3.89. The minimum Gasteiger partial charge on any atom is -0.464 e. The fraction of sp³-hybridized carbons (Fsp3) is 0.857. The van der Waals surface area contributed by atoms with E-state index in [2.05, 4.69) is 5.43 Å². The number of carboxylic acid groups (broad SMARTS) is 1. The molecule has 0 bridgehead atoms. The van der Waals surface area contributed by atoms with Gasteiger partial charge in [0.05, 0.1) is 5.75 Å². The van der Waals surface area contributed by atoms with E-state index in [1.54, 1.807) is 6.92 Å². The minimum absolute atomic E-state index is 0.0827. The maximum Gasteiger partial charge on any atom is 0.419 e. The zero-order valence-electron chi connectivity index (χ0n) is 8.51. The standard InChI is InChI=1S/C7H15N3O4S/c1-2-15(13,14)10-5-3-9(4-6-10)8-7(11)12/h8H,2-6H2,1H3,(H,11,12). The first-order valence-corrected chi connectivity index (χ1v) is 6.29. The molecule has 1 aliphatic heterocycles. The van der Waals surface area contributed by atoms with E-state index in [1.807, 2.05) is 0 Å². The first-order chi connectivity index (χ1) is 6.95. The van der Waals surface area contributed by atoms with Gasteiger partial charge in [0.2, 0.25) is 10.0 Å². The maximum atomic E-state index is 11.5. The molecule has 2 N–H and O–H groups in total. The molecule has 0 atom stereocenters. The van der Waals surface area contributed by atoms with Gasteiger partial charge in [-0.25, -0.2) is 18.2 Å². The number of sulfonamides is 1. The summed E-state index contributed by atoms with van der Waals surface area (Å²) >= 11 is 0. The van der Waals surface area contributed by atoms with Gasteiger partial charge < -0.3 is 5.11 Å². The van der Waals surface area contributed by atoms with Crippen molar-refractivity contribution in [1.29, 1.82) is 0 Å². The smallest absolute Gasteiger partial charge is 0.419 e. The van der Waals surface area contributed by atoms with E-state index in [0.717, 1.165) is 0 Å². The Morgan fingerprint density at radius 2 is 1.87 bits per heavy atom. The zero-order chi connectivity index (χ0) is 11.5. The minimum atomic E-state index is -3.14. The number of piperazine rings is 1. The van der Waals surface area contributed by atoms with Crippen LogP contribution in [0, 0.1) is 0 Å². The Morgan fingerprint density at radius 3 is 2.27 bits per heavy atom. The monoisotopic (exact) mass is 237 g/mol. The highest BCUT2D eigenvalue weighted by Crippen LogP contribution is 2.06. The topological polar surface area (TPSA) is 90.0 Å². The van der Waals surface area contributed by atoms with Crippen LogP contribution < -0.4 is 5.43 Å². The van der Waals surface area contributed by atoms with Crippen LogP contribution in [0.25, 0.3) is 0 Å². The number of amides is 1. The second kappa shape index (κ2) is 4.77. The maximum absolute atomic E-state index is 11.5. The number of hydrogen-bond donors (Lipinski definition) is 2. The van der Waals surface area contributed by atoms with Crippen molar-refractivity contribution in [3.63, 3.8) is 0 Å². The highest BCUT2D eigenvalue weighted by Gasteiger charge is 2.25. The number of nitrogens with zero attached hydrogens (tertiary/aromatic N) is 2. The molecule has 0 radical (unpaired) electrons. The molecule has 0 aromatic rings. The largest absolute Gasteiger partial charge is 0.464 e. The Hall–Kier alpha value is -0.860. The van der Waals surface area contributed by atoms with E-state index >= 15 is 0 Å². The molecule has 88 valence electrons. The SMILES string of the molecule is CCS(=O)(=O)N1CCN(NC(=O)O)CC1. The third kappa shape index (κ3) is 3.33. The molecule has 1 heterocycles. The summed E-state index contributed by atoms with van der Waals surface area (Å²) in [7, 11) is -3.14. The van der Waals surface area contributed by atoms with Gasteiger partial charge in [0.15, 0.2) is 0 Å². The van der Waals surface area contributed by atoms with Crippen LogP contribution in [0.5, 0.6) is 0 Å². The Balaban J connectivity index is 2.46. The molecule has 1 amide bonds. The lowest BCUT2D eigenvalue weighted by Crippen LogP contribution is -2.54. The van der Waals surface area contributed by atoms with Crippen LogP contribution in [0.3, 0.4) is 0 Å². The van der Waals surface area contributed by atoms with E-state index < -0.39 is 16.1 Å². The van der Waals surface area contributed by atoms with Crippen LogP contribution >= 0.6 is 0 Å². The average Bonchev–Trinajstić information content (AvgIpc) is 2.18. The normalized spacial score (nSPS) is 20.1. The van der Waals surface area contributed by atoms with Crippen molar-refractivity contribution in [1.82, 2.24) is 14.7 Å². The van der Waals surface area contributed by atoms with Crippen molar-refractivity contribution < 1.29 is 18.3 Å². The van der Waals surface area contributed by atoms with E-state index in [9.17, 15) is 13.2 Å². The van der Waals surface area contributed by atoms with Gasteiger partial charge in [-0.2, -0.15) is 4.31 Å². The molecule has 8 heteroatoms. The van der Waals surface area contributed by atoms with Crippen molar-refractivity contribution in [2.75, 3.05) is 31.9 Å². The summed E-state index contributed by atoms with van der Waals surface area (Å²) in [6.45, 7) is 3.02. The third-order valence-electron chi connectivity index (χ3n) is 2.25. The second-order valence-electron chi connectivity index (χ2n) is 3.20. The van der Waals surface area contributed by atoms with Crippen molar-refractivity contribution in [3.8, 4) is 0 Å². The zero-order valence-corrected chi connectivity index (χ0v) is 9.33. The van der Waals surface area contributed by atoms with Gasteiger partial charge in [0, 0.05) is 26.2 Å². The number of rotatable bonds is 3. The van der Waals surface area contributed by atoms with Crippen LogP contribution in [-0.2, 0) is 10.0 Å². The van der Waals surface area contributed by atoms with Crippen molar-refractivity contribution >= 4 is 16.1 Å². The molecule has 0 spiro atoms. The number of hydrazine groups is 1. The lowest BCUT2D eigenvalue weighted by atomic mass is 10.4. The fourth-order valence-corrected chi connectivity index (χ4v) is 2.48. The summed E-state index contributed by atoms with van der Waals surface area (Å²) in [6.07, 6.45) is -1.12. The molecule has 15 heavy (non-hydrogen) atoms. The lowest BCUT2D eigenvalue weighted by molar-refractivity contribution is 0.111. The summed E-state index contributed by atoms with van der Waals surface area (Å²) in [5, 5.41) is 9.94. The number of hydrogen-bond acceptors (Lipinski definition) is 4. The molecule has 1 aliphatic rings. The van der Waals surface area contributed by atoms with Gasteiger partial charge in [-0.15, -0.1) is 0 Å². The molecule has 0 aromatic carbocycles. The van der Waals surface area contributed by atoms with Gasteiger partial charge in [0.25, 0.3) is 0 Å². The highest BCUT2D eigenvalue weighted by molar-refractivity contribution is 7.89. The van der Waals surface area contributed by atoms with Crippen molar-refractivity contribution in [2.24, 2.45) is 0 Å². The Bertz CT molecular complexity index is 321. The van der Waals surface area contributed by atoms with Gasteiger partial charge >= 0.3 is 6.09 Å². The van der Waals surface area contributed by atoms with Gasteiger partial charge in [-0.3, -0.25) is 5.43 Å². The third-order valence-corrected chi connectivity index (χ3v) is 4.13. The fourth-order valence-electron chi connectivity index (χ4n) is 1.40. The lowest BCUT2D eigenvalue weighted by Gasteiger charge is -2.32. The van der Waals surface area contributed by atoms with Crippen LogP contribution in [0.2, 0.25) is 0 Å². The number of carbonyl (C=O) groups is 1. The summed E-state index contributed by atoms with van der Waals surface area (Å²) in [6, 6.07) is 0. The Morgan fingerprint density at radius 1 is 1.33 bits per heavy atom. The van der Waals surface area contributed by atoms with E-state index in [-0.39, 0.29) is 5.75 Å². The molecule has 0 aromatic heterocycles. The molecule has 0 aliphatic carbocycles. The second-order valence-corrected chi connectivity index (χ2v) is 5.46. The Labute approximate surface area is 88.7 Å². The van der Waals surface area contributed by atoms with E-state index in [1.165, 1.54) is 9.31 Å². The molecule has 1 saturated heterocycles. The molecular formula is C7H15N3O4S. The molecule has 1 fully saturated rings. The number of nitrogens with one attached hydrogen (secondary N) is 1. The van der Waals surface area contributed by atoms with Gasteiger partial charge in [-0.05, 0) is 6.92 Å². The summed E-state index contributed by atoms with van der Waals surface area (Å²) in [4.78, 5) is 10.3. The average molecular weight is 237 g/mol. The van der Waals surface area contributed by atoms with Crippen molar-refractivity contribution in [2.45, 2.75) is 6.92 Å². The first-order valence-electron chi connectivity index (χ1n) is 4.68. The van der Waals surface area contributed by atoms with Crippen LogP contribution in [0.4, 0.5) is 4.79 Å². The van der Waals surface area contributed by atoms with E-state index in [4.69, 9.17) is 5.11 Å². The van der Waals surface area contributed by atoms with E-state index in [0.29, 0.717) is 26.2 Å². The van der Waals surface area contributed by atoms with Crippen LogP contribution in [0.1, 0.15) is 6.92 Å². The van der Waals surface area contributed by atoms with Gasteiger partial charge in [0.1, 0.15) is 0 Å². The predicted octanol–water partition coefficient (Wildman–Crippen LogP) is -0.864. The van der Waals surface area contributed by atoms with Crippen LogP contribution in [0.15, 0.2) is 0 Å². The molecular weight excluding hydrogens is 222 g/mol. The first kappa shape index (κ1) is 12.2.